The molecule has 0 fully saturated rings. The standard InChI is InChI=1S/C19H18IN/c20-18-9-3-5-15(13-18)14-21-12-11-17-8-4-7-16-6-1-2-10-19(16)17/h1-10,13,21H,11-12,14H2. The number of fused-ring (bicyclic) bond motifs is 1. The molecule has 1 N–H and O–H groups in total. The molecule has 0 heterocycles. The van der Waals surface area contributed by atoms with Crippen molar-refractivity contribution < 1.29 is 0 Å². The quantitative estimate of drug-likeness (QED) is 0.491. The van der Waals surface area contributed by atoms with Crippen LogP contribution in [-0.2, 0) is 13.0 Å². The fourth-order valence-corrected chi connectivity index (χ4v) is 3.22. The van der Waals surface area contributed by atoms with Crippen LogP contribution in [0.2, 0.25) is 0 Å². The number of halogens is 1. The molecular formula is C19H18IN. The molecule has 3 aromatic rings. The summed E-state index contributed by atoms with van der Waals surface area (Å²) in [5, 5.41) is 6.24. The molecule has 0 atom stereocenters. The van der Waals surface area contributed by atoms with E-state index in [0.29, 0.717) is 0 Å². The van der Waals surface area contributed by atoms with Gasteiger partial charge in [-0.1, -0.05) is 54.6 Å². The summed E-state index contributed by atoms with van der Waals surface area (Å²) in [5.41, 5.74) is 2.77. The third-order valence-electron chi connectivity index (χ3n) is 3.67. The molecule has 1 nitrogen and oxygen atoms in total. The van der Waals surface area contributed by atoms with Crippen LogP contribution < -0.4 is 5.32 Å². The summed E-state index contributed by atoms with van der Waals surface area (Å²) in [5.74, 6) is 0. The van der Waals surface area contributed by atoms with E-state index in [9.17, 15) is 0 Å². The highest BCUT2D eigenvalue weighted by atomic mass is 127. The Labute approximate surface area is 139 Å². The average Bonchev–Trinajstić information content (AvgIpc) is 2.52. The summed E-state index contributed by atoms with van der Waals surface area (Å²) in [7, 11) is 0. The van der Waals surface area contributed by atoms with E-state index >= 15 is 0 Å². The van der Waals surface area contributed by atoms with Gasteiger partial charge in [-0.2, -0.15) is 0 Å². The second-order valence-corrected chi connectivity index (χ2v) is 6.44. The van der Waals surface area contributed by atoms with Crippen molar-refractivity contribution in [3.05, 3.63) is 81.4 Å². The van der Waals surface area contributed by atoms with Gasteiger partial charge in [-0.25, -0.2) is 0 Å². The zero-order chi connectivity index (χ0) is 14.5. The Kier molecular flexibility index (Phi) is 4.88. The maximum absolute atomic E-state index is 3.54. The molecule has 21 heavy (non-hydrogen) atoms. The summed E-state index contributed by atoms with van der Waals surface area (Å²) in [6.07, 6.45) is 1.06. The van der Waals surface area contributed by atoms with Gasteiger partial charge < -0.3 is 5.32 Å². The number of rotatable bonds is 5. The van der Waals surface area contributed by atoms with Crippen LogP contribution in [0.15, 0.2) is 66.7 Å². The zero-order valence-electron chi connectivity index (χ0n) is 11.9. The molecule has 0 unspecified atom stereocenters. The summed E-state index contributed by atoms with van der Waals surface area (Å²) in [4.78, 5) is 0. The van der Waals surface area contributed by atoms with E-state index in [1.165, 1.54) is 25.5 Å². The van der Waals surface area contributed by atoms with Crippen LogP contribution >= 0.6 is 22.6 Å². The highest BCUT2D eigenvalue weighted by molar-refractivity contribution is 14.1. The second kappa shape index (κ2) is 7.05. The van der Waals surface area contributed by atoms with Crippen LogP contribution in [0.25, 0.3) is 10.8 Å². The minimum atomic E-state index is 0.932. The molecule has 0 aliphatic heterocycles. The van der Waals surface area contributed by atoms with E-state index in [2.05, 4.69) is 94.6 Å². The Morgan fingerprint density at radius 3 is 2.57 bits per heavy atom. The number of hydrogen-bond donors (Lipinski definition) is 1. The van der Waals surface area contributed by atoms with Gasteiger partial charge in [-0.3, -0.25) is 0 Å². The van der Waals surface area contributed by atoms with Crippen molar-refractivity contribution in [3.63, 3.8) is 0 Å². The monoisotopic (exact) mass is 387 g/mol. The highest BCUT2D eigenvalue weighted by Crippen LogP contribution is 2.18. The van der Waals surface area contributed by atoms with Crippen molar-refractivity contribution in [2.75, 3.05) is 6.54 Å². The van der Waals surface area contributed by atoms with E-state index in [1.54, 1.807) is 0 Å². The smallest absolute Gasteiger partial charge is 0.0206 e. The topological polar surface area (TPSA) is 12.0 Å². The average molecular weight is 387 g/mol. The van der Waals surface area contributed by atoms with E-state index in [1.807, 2.05) is 0 Å². The largest absolute Gasteiger partial charge is 0.312 e. The summed E-state index contributed by atoms with van der Waals surface area (Å²) in [6.45, 7) is 1.93. The minimum absolute atomic E-state index is 0.932. The van der Waals surface area contributed by atoms with Gasteiger partial charge in [0.2, 0.25) is 0 Å². The highest BCUT2D eigenvalue weighted by Gasteiger charge is 2.00. The maximum atomic E-state index is 3.54. The molecule has 3 rings (SSSR count). The Bertz CT molecular complexity index is 731. The SMILES string of the molecule is Ic1cccc(CNCCc2cccc3ccccc23)c1. The Hall–Kier alpha value is -1.39. The fourth-order valence-electron chi connectivity index (χ4n) is 2.61. The first-order valence-electron chi connectivity index (χ1n) is 7.25. The minimum Gasteiger partial charge on any atom is -0.312 e. The first-order chi connectivity index (χ1) is 10.3. The van der Waals surface area contributed by atoms with Crippen LogP contribution in [-0.4, -0.2) is 6.54 Å². The van der Waals surface area contributed by atoms with Crippen molar-refractivity contribution in [3.8, 4) is 0 Å². The summed E-state index contributed by atoms with van der Waals surface area (Å²) in [6, 6.07) is 23.8. The first-order valence-corrected chi connectivity index (χ1v) is 8.32. The van der Waals surface area contributed by atoms with Gasteiger partial charge in [0.05, 0.1) is 0 Å². The van der Waals surface area contributed by atoms with Gasteiger partial charge >= 0.3 is 0 Å². The lowest BCUT2D eigenvalue weighted by atomic mass is 10.0. The van der Waals surface area contributed by atoms with E-state index < -0.39 is 0 Å². The molecule has 0 amide bonds. The second-order valence-electron chi connectivity index (χ2n) is 5.19. The Morgan fingerprint density at radius 2 is 1.67 bits per heavy atom. The normalized spacial score (nSPS) is 10.9. The van der Waals surface area contributed by atoms with Crippen LogP contribution in [0.1, 0.15) is 11.1 Å². The van der Waals surface area contributed by atoms with Crippen LogP contribution in [0.3, 0.4) is 0 Å². The van der Waals surface area contributed by atoms with Gasteiger partial charge in [-0.05, 0) is 69.6 Å². The van der Waals surface area contributed by atoms with E-state index in [-0.39, 0.29) is 0 Å². The molecule has 0 radical (unpaired) electrons. The third-order valence-corrected chi connectivity index (χ3v) is 4.34. The lowest BCUT2D eigenvalue weighted by Gasteiger charge is -2.08. The molecule has 0 bridgehead atoms. The van der Waals surface area contributed by atoms with Crippen LogP contribution in [0.5, 0.6) is 0 Å². The van der Waals surface area contributed by atoms with Gasteiger partial charge in [0.1, 0.15) is 0 Å². The number of hydrogen-bond acceptors (Lipinski definition) is 1. The number of nitrogens with one attached hydrogen (secondary N) is 1. The van der Waals surface area contributed by atoms with Crippen LogP contribution in [0.4, 0.5) is 0 Å². The van der Waals surface area contributed by atoms with Gasteiger partial charge in [0, 0.05) is 10.1 Å². The maximum Gasteiger partial charge on any atom is 0.0206 e. The number of benzene rings is 3. The fraction of sp³-hybridized carbons (Fsp3) is 0.158. The van der Waals surface area contributed by atoms with E-state index in [0.717, 1.165) is 19.5 Å². The summed E-state index contributed by atoms with van der Waals surface area (Å²) < 4.78 is 1.29. The molecule has 0 saturated heterocycles. The predicted molar refractivity (Wildman–Crippen MR) is 98.5 cm³/mol. The van der Waals surface area contributed by atoms with Crippen molar-refractivity contribution in [1.82, 2.24) is 5.32 Å². The Balaban J connectivity index is 1.60. The van der Waals surface area contributed by atoms with Gasteiger partial charge in [0.25, 0.3) is 0 Å². The van der Waals surface area contributed by atoms with Gasteiger partial charge in [0.15, 0.2) is 0 Å². The van der Waals surface area contributed by atoms with Crippen molar-refractivity contribution in [1.29, 1.82) is 0 Å². The van der Waals surface area contributed by atoms with E-state index in [4.69, 9.17) is 0 Å². The lowest BCUT2D eigenvalue weighted by Crippen LogP contribution is -2.16. The predicted octanol–water partition coefficient (Wildman–Crippen LogP) is 4.78. The molecule has 0 aliphatic carbocycles. The molecule has 0 aliphatic rings. The lowest BCUT2D eigenvalue weighted by molar-refractivity contribution is 0.688. The van der Waals surface area contributed by atoms with Crippen molar-refractivity contribution in [2.24, 2.45) is 0 Å². The Morgan fingerprint density at radius 1 is 0.857 bits per heavy atom. The van der Waals surface area contributed by atoms with Crippen LogP contribution in [0, 0.1) is 3.57 Å². The first kappa shape index (κ1) is 14.5. The molecule has 0 aromatic heterocycles. The molecule has 2 heteroatoms. The van der Waals surface area contributed by atoms with Crippen molar-refractivity contribution >= 4 is 33.4 Å². The molecule has 3 aromatic carbocycles. The molecule has 106 valence electrons. The molecule has 0 spiro atoms. The molecular weight excluding hydrogens is 369 g/mol. The van der Waals surface area contributed by atoms with Crippen molar-refractivity contribution in [2.45, 2.75) is 13.0 Å². The third kappa shape index (κ3) is 3.83. The van der Waals surface area contributed by atoms with Gasteiger partial charge in [-0.15, -0.1) is 0 Å². The summed E-state index contributed by atoms with van der Waals surface area (Å²) >= 11 is 2.36. The molecule has 0 saturated carbocycles. The zero-order valence-corrected chi connectivity index (χ0v) is 14.0.